The van der Waals surface area contributed by atoms with E-state index in [1.54, 1.807) is 0 Å². The number of nitrogens with zero attached hydrogens (tertiary/aromatic N) is 1. The molecule has 4 nitrogen and oxygen atoms in total. The van der Waals surface area contributed by atoms with E-state index < -0.39 is 5.54 Å². The molecule has 1 fully saturated rings. The molecule has 1 aromatic carbocycles. The van der Waals surface area contributed by atoms with Crippen molar-refractivity contribution >= 4 is 27.5 Å². The number of hydrogen-bond acceptors (Lipinski definition) is 3. The molecule has 0 saturated carbocycles. The Balaban J connectivity index is 2.14. The van der Waals surface area contributed by atoms with Crippen LogP contribution in [0, 0.1) is 0 Å². The van der Waals surface area contributed by atoms with Gasteiger partial charge < -0.3 is 16.0 Å². The predicted octanol–water partition coefficient (Wildman–Crippen LogP) is 2.59. The number of halogens is 1. The van der Waals surface area contributed by atoms with Gasteiger partial charge in [0.15, 0.2) is 0 Å². The minimum Gasteiger partial charge on any atom is -0.371 e. The summed E-state index contributed by atoms with van der Waals surface area (Å²) in [7, 11) is 0. The second-order valence-corrected chi connectivity index (χ2v) is 6.63. The first-order chi connectivity index (χ1) is 9.43. The Hall–Kier alpha value is -1.07. The van der Waals surface area contributed by atoms with Gasteiger partial charge >= 0.3 is 0 Å². The molecule has 1 aromatic rings. The van der Waals surface area contributed by atoms with Gasteiger partial charge in [-0.1, -0.05) is 22.0 Å². The van der Waals surface area contributed by atoms with E-state index in [9.17, 15) is 4.79 Å². The lowest BCUT2D eigenvalue weighted by Gasteiger charge is -2.42. The van der Waals surface area contributed by atoms with E-state index >= 15 is 0 Å². The summed E-state index contributed by atoms with van der Waals surface area (Å²) in [6, 6.07) is 8.35. The molecule has 0 unspecified atom stereocenters. The molecule has 0 aromatic heterocycles. The molecule has 1 heterocycles. The maximum Gasteiger partial charge on any atom is 0.243 e. The first-order valence-electron chi connectivity index (χ1n) is 7.01. The number of anilines is 1. The van der Waals surface area contributed by atoms with Crippen LogP contribution in [0.25, 0.3) is 0 Å². The van der Waals surface area contributed by atoms with Gasteiger partial charge in [-0.2, -0.15) is 0 Å². The summed E-state index contributed by atoms with van der Waals surface area (Å²) in [6.07, 6.45) is 1.49. The largest absolute Gasteiger partial charge is 0.371 e. The van der Waals surface area contributed by atoms with Crippen molar-refractivity contribution < 1.29 is 4.79 Å². The topological polar surface area (TPSA) is 58.4 Å². The van der Waals surface area contributed by atoms with E-state index in [4.69, 9.17) is 5.73 Å². The van der Waals surface area contributed by atoms with Crippen molar-refractivity contribution in [2.45, 2.75) is 38.3 Å². The highest BCUT2D eigenvalue weighted by atomic mass is 79.9. The maximum atomic E-state index is 12.0. The number of carbonyl (C=O) groups excluding carboxylic acids is 1. The third kappa shape index (κ3) is 3.33. The summed E-state index contributed by atoms with van der Waals surface area (Å²) in [5.74, 6) is -0.263. The number of nitrogens with one attached hydrogen (secondary N) is 1. The average molecular weight is 340 g/mol. The highest BCUT2D eigenvalue weighted by Gasteiger charge is 2.40. The monoisotopic (exact) mass is 339 g/mol. The molecule has 3 N–H and O–H groups in total. The van der Waals surface area contributed by atoms with Crippen LogP contribution in [0.4, 0.5) is 5.69 Å². The molecule has 0 radical (unpaired) electrons. The van der Waals surface area contributed by atoms with Gasteiger partial charge in [0.2, 0.25) is 5.91 Å². The molecule has 0 bridgehead atoms. The van der Waals surface area contributed by atoms with Gasteiger partial charge in [0.1, 0.15) is 5.54 Å². The molecule has 5 heteroatoms. The standard InChI is InChI=1S/C15H22BrN3O/c1-11(2)19-8-6-15(7-9-19,14(17)20)18-13-5-3-4-12(16)10-13/h3-5,10-11,18H,6-9H2,1-2H3,(H2,17,20). The molecule has 110 valence electrons. The van der Waals surface area contributed by atoms with Gasteiger partial charge in [-0.15, -0.1) is 0 Å². The summed E-state index contributed by atoms with van der Waals surface area (Å²) >= 11 is 3.45. The summed E-state index contributed by atoms with van der Waals surface area (Å²) in [5, 5.41) is 3.36. The van der Waals surface area contributed by atoms with Gasteiger partial charge in [-0.05, 0) is 44.9 Å². The highest BCUT2D eigenvalue weighted by Crippen LogP contribution is 2.28. The van der Waals surface area contributed by atoms with Crippen molar-refractivity contribution in [3.8, 4) is 0 Å². The van der Waals surface area contributed by atoms with Gasteiger partial charge in [0.05, 0.1) is 0 Å². The molecule has 0 spiro atoms. The van der Waals surface area contributed by atoms with Crippen molar-refractivity contribution in [2.24, 2.45) is 5.73 Å². The second-order valence-electron chi connectivity index (χ2n) is 5.71. The maximum absolute atomic E-state index is 12.0. The van der Waals surface area contributed by atoms with E-state index in [0.717, 1.165) is 36.1 Å². The van der Waals surface area contributed by atoms with Gasteiger partial charge in [-0.3, -0.25) is 4.79 Å². The Kier molecular flexibility index (Phi) is 4.70. The van der Waals surface area contributed by atoms with Crippen LogP contribution in [0.15, 0.2) is 28.7 Å². The summed E-state index contributed by atoms with van der Waals surface area (Å²) in [4.78, 5) is 14.4. The summed E-state index contributed by atoms with van der Waals surface area (Å²) in [6.45, 7) is 6.14. The third-order valence-electron chi connectivity index (χ3n) is 4.06. The zero-order valence-corrected chi connectivity index (χ0v) is 13.6. The van der Waals surface area contributed by atoms with E-state index in [2.05, 4.69) is 40.0 Å². The Labute approximate surface area is 128 Å². The lowest BCUT2D eigenvalue weighted by molar-refractivity contribution is -0.124. The molecular weight excluding hydrogens is 318 g/mol. The number of rotatable bonds is 4. The average Bonchev–Trinajstić information content (AvgIpc) is 2.39. The quantitative estimate of drug-likeness (QED) is 0.886. The van der Waals surface area contributed by atoms with E-state index in [-0.39, 0.29) is 5.91 Å². The molecule has 1 aliphatic rings. The molecule has 2 rings (SSSR count). The van der Waals surface area contributed by atoms with Crippen molar-refractivity contribution in [2.75, 3.05) is 18.4 Å². The zero-order chi connectivity index (χ0) is 14.8. The SMILES string of the molecule is CC(C)N1CCC(Nc2cccc(Br)c2)(C(N)=O)CC1. The van der Waals surface area contributed by atoms with E-state index in [1.807, 2.05) is 24.3 Å². The number of nitrogens with two attached hydrogens (primary N) is 1. The van der Waals surface area contributed by atoms with Gasteiger partial charge in [-0.25, -0.2) is 0 Å². The molecule has 0 atom stereocenters. The zero-order valence-electron chi connectivity index (χ0n) is 12.0. The number of amides is 1. The van der Waals surface area contributed by atoms with Crippen molar-refractivity contribution in [3.63, 3.8) is 0 Å². The Morgan fingerprint density at radius 2 is 2.05 bits per heavy atom. The lowest BCUT2D eigenvalue weighted by Crippen LogP contribution is -2.57. The second kappa shape index (κ2) is 6.14. The molecular formula is C15H22BrN3O. The fourth-order valence-electron chi connectivity index (χ4n) is 2.70. The van der Waals surface area contributed by atoms with Crippen LogP contribution in [-0.2, 0) is 4.79 Å². The van der Waals surface area contributed by atoms with Crippen LogP contribution in [-0.4, -0.2) is 35.5 Å². The van der Waals surface area contributed by atoms with E-state index in [0.29, 0.717) is 6.04 Å². The Bertz CT molecular complexity index is 482. The third-order valence-corrected chi connectivity index (χ3v) is 4.56. The van der Waals surface area contributed by atoms with Crippen LogP contribution in [0.2, 0.25) is 0 Å². The molecule has 20 heavy (non-hydrogen) atoms. The van der Waals surface area contributed by atoms with Crippen LogP contribution in [0.5, 0.6) is 0 Å². The molecule has 1 amide bonds. The number of carbonyl (C=O) groups is 1. The molecule has 1 saturated heterocycles. The summed E-state index contributed by atoms with van der Waals surface area (Å²) < 4.78 is 0.988. The normalized spacial score (nSPS) is 19.0. The number of hydrogen-bond donors (Lipinski definition) is 2. The van der Waals surface area contributed by atoms with Crippen LogP contribution in [0.3, 0.4) is 0 Å². The van der Waals surface area contributed by atoms with E-state index in [1.165, 1.54) is 0 Å². The fourth-order valence-corrected chi connectivity index (χ4v) is 3.10. The number of likely N-dealkylation sites (tertiary alicyclic amines) is 1. The minimum atomic E-state index is -0.633. The number of benzene rings is 1. The molecule has 1 aliphatic heterocycles. The Morgan fingerprint density at radius 3 is 2.55 bits per heavy atom. The van der Waals surface area contributed by atoms with Crippen LogP contribution >= 0.6 is 15.9 Å². The van der Waals surface area contributed by atoms with Crippen molar-refractivity contribution in [1.29, 1.82) is 0 Å². The first-order valence-corrected chi connectivity index (χ1v) is 7.80. The number of piperidine rings is 1. The predicted molar refractivity (Wildman–Crippen MR) is 85.6 cm³/mol. The molecule has 0 aliphatic carbocycles. The highest BCUT2D eigenvalue weighted by molar-refractivity contribution is 9.10. The lowest BCUT2D eigenvalue weighted by atomic mass is 9.86. The smallest absolute Gasteiger partial charge is 0.243 e. The minimum absolute atomic E-state index is 0.263. The fraction of sp³-hybridized carbons (Fsp3) is 0.533. The van der Waals surface area contributed by atoms with Gasteiger partial charge in [0.25, 0.3) is 0 Å². The summed E-state index contributed by atoms with van der Waals surface area (Å²) in [5.41, 5.74) is 5.97. The first kappa shape index (κ1) is 15.3. The van der Waals surface area contributed by atoms with Crippen LogP contribution < -0.4 is 11.1 Å². The number of primary amides is 1. The van der Waals surface area contributed by atoms with Crippen LogP contribution in [0.1, 0.15) is 26.7 Å². The van der Waals surface area contributed by atoms with Crippen molar-refractivity contribution in [3.05, 3.63) is 28.7 Å². The van der Waals surface area contributed by atoms with Gasteiger partial charge in [0, 0.05) is 29.3 Å². The van der Waals surface area contributed by atoms with Crippen molar-refractivity contribution in [1.82, 2.24) is 4.90 Å². The Morgan fingerprint density at radius 1 is 1.40 bits per heavy atom.